The third kappa shape index (κ3) is 5.14. The van der Waals surface area contributed by atoms with E-state index < -0.39 is 0 Å². The number of hydrogen-bond acceptors (Lipinski definition) is 6. The third-order valence-electron chi connectivity index (χ3n) is 5.08. The first kappa shape index (κ1) is 21.1. The smallest absolute Gasteiger partial charge is 0.349 e. The Morgan fingerprint density at radius 1 is 1.16 bits per heavy atom. The Morgan fingerprint density at radius 3 is 2.68 bits per heavy atom. The van der Waals surface area contributed by atoms with Crippen LogP contribution < -0.4 is 15.7 Å². The normalized spacial score (nSPS) is 12.4. The molecule has 0 aliphatic heterocycles. The Balaban J connectivity index is 1.44. The van der Waals surface area contributed by atoms with Crippen molar-refractivity contribution in [1.29, 1.82) is 0 Å². The van der Waals surface area contributed by atoms with Crippen LogP contribution in [0.25, 0.3) is 0 Å². The number of pyridine rings is 1. The lowest BCUT2D eigenvalue weighted by atomic mass is 10.2. The van der Waals surface area contributed by atoms with Crippen LogP contribution >= 0.6 is 11.8 Å². The number of thioether (sulfide) groups is 1. The summed E-state index contributed by atoms with van der Waals surface area (Å²) in [7, 11) is 0. The zero-order valence-corrected chi connectivity index (χ0v) is 18.2. The van der Waals surface area contributed by atoms with Gasteiger partial charge in [-0.05, 0) is 68.1 Å². The van der Waals surface area contributed by atoms with E-state index in [1.165, 1.54) is 11.8 Å². The minimum atomic E-state index is -0.271. The van der Waals surface area contributed by atoms with Crippen LogP contribution in [0.1, 0.15) is 30.2 Å². The molecule has 1 aliphatic carbocycles. The average Bonchev–Trinajstić information content (AvgIpc) is 3.27. The molecule has 1 N–H and O–H groups in total. The van der Waals surface area contributed by atoms with Crippen LogP contribution in [0.4, 0.5) is 5.69 Å². The molecule has 31 heavy (non-hydrogen) atoms. The van der Waals surface area contributed by atoms with Gasteiger partial charge in [-0.1, -0.05) is 11.8 Å². The molecular formula is C23H24N4O3S. The molecule has 2 aromatic heterocycles. The Morgan fingerprint density at radius 2 is 1.94 bits per heavy atom. The van der Waals surface area contributed by atoms with Gasteiger partial charge in [0.2, 0.25) is 5.91 Å². The molecule has 0 unspecified atom stereocenters. The minimum Gasteiger partial charge on any atom is -0.494 e. The summed E-state index contributed by atoms with van der Waals surface area (Å²) in [5.74, 6) is 0.825. The molecule has 160 valence electrons. The number of carbonyl (C=O) groups is 1. The number of anilines is 1. The van der Waals surface area contributed by atoms with Gasteiger partial charge in [0.25, 0.3) is 0 Å². The zero-order chi connectivity index (χ0) is 21.6. The van der Waals surface area contributed by atoms with Crippen molar-refractivity contribution in [2.24, 2.45) is 0 Å². The first-order chi connectivity index (χ1) is 15.1. The number of ether oxygens (including phenoxy) is 1. The summed E-state index contributed by atoms with van der Waals surface area (Å²) in [5.41, 5.74) is 3.58. The van der Waals surface area contributed by atoms with Crippen molar-refractivity contribution >= 4 is 23.4 Å². The van der Waals surface area contributed by atoms with E-state index in [0.717, 1.165) is 41.8 Å². The predicted octanol–water partition coefficient (Wildman–Crippen LogP) is 3.30. The van der Waals surface area contributed by atoms with Crippen LogP contribution in [0.15, 0.2) is 58.6 Å². The van der Waals surface area contributed by atoms with Crippen LogP contribution in [0.3, 0.4) is 0 Å². The summed E-state index contributed by atoms with van der Waals surface area (Å²) in [6, 6.07) is 11.1. The lowest BCUT2D eigenvalue weighted by Crippen LogP contribution is -2.28. The lowest BCUT2D eigenvalue weighted by molar-refractivity contribution is -0.113. The first-order valence-electron chi connectivity index (χ1n) is 10.3. The number of nitrogens with one attached hydrogen (secondary N) is 1. The van der Waals surface area contributed by atoms with E-state index in [4.69, 9.17) is 4.74 Å². The largest absolute Gasteiger partial charge is 0.494 e. The molecule has 1 aromatic carbocycles. The molecule has 0 atom stereocenters. The van der Waals surface area contributed by atoms with Crippen molar-refractivity contribution in [3.05, 3.63) is 76.1 Å². The van der Waals surface area contributed by atoms with Crippen molar-refractivity contribution < 1.29 is 9.53 Å². The van der Waals surface area contributed by atoms with Crippen molar-refractivity contribution in [3.63, 3.8) is 0 Å². The van der Waals surface area contributed by atoms with E-state index in [-0.39, 0.29) is 17.3 Å². The van der Waals surface area contributed by atoms with Gasteiger partial charge in [-0.25, -0.2) is 4.79 Å². The van der Waals surface area contributed by atoms with E-state index >= 15 is 0 Å². The van der Waals surface area contributed by atoms with Crippen LogP contribution in [-0.2, 0) is 24.2 Å². The highest BCUT2D eigenvalue weighted by atomic mass is 32.2. The van der Waals surface area contributed by atoms with Crippen LogP contribution in [0.2, 0.25) is 0 Å². The van der Waals surface area contributed by atoms with E-state index in [9.17, 15) is 9.59 Å². The molecule has 0 bridgehead atoms. The van der Waals surface area contributed by atoms with E-state index in [2.05, 4.69) is 15.3 Å². The number of nitrogens with zero attached hydrogens (tertiary/aromatic N) is 3. The standard InChI is InChI=1S/C23H24N4O3S/c1-2-30-18-8-6-17(7-9-18)25-21(28)15-31-22-19-4-3-5-20(19)27(23(29)26-22)14-16-10-12-24-13-11-16/h6-13H,2-5,14-15H2,1H3,(H,25,28). The SMILES string of the molecule is CCOc1ccc(NC(=O)CSc2nc(=O)n(Cc3ccncc3)c3c2CCC3)cc1. The number of amides is 1. The Hall–Kier alpha value is -3.13. The molecule has 0 saturated heterocycles. The van der Waals surface area contributed by atoms with Crippen molar-refractivity contribution in [3.8, 4) is 5.75 Å². The number of aromatic nitrogens is 3. The highest BCUT2D eigenvalue weighted by molar-refractivity contribution is 8.00. The lowest BCUT2D eigenvalue weighted by Gasteiger charge is -2.14. The van der Waals surface area contributed by atoms with Crippen LogP contribution in [0.5, 0.6) is 5.75 Å². The third-order valence-corrected chi connectivity index (χ3v) is 6.10. The molecule has 1 amide bonds. The molecular weight excluding hydrogens is 412 g/mol. The molecule has 0 fully saturated rings. The fourth-order valence-electron chi connectivity index (χ4n) is 3.67. The van der Waals surface area contributed by atoms with E-state index in [1.54, 1.807) is 17.0 Å². The van der Waals surface area contributed by atoms with E-state index in [0.29, 0.717) is 23.9 Å². The number of rotatable bonds is 8. The summed E-state index contributed by atoms with van der Waals surface area (Å²) in [4.78, 5) is 33.5. The zero-order valence-electron chi connectivity index (χ0n) is 17.3. The van der Waals surface area contributed by atoms with Crippen molar-refractivity contribution in [1.82, 2.24) is 14.5 Å². The summed E-state index contributed by atoms with van der Waals surface area (Å²) in [6.07, 6.45) is 6.16. The molecule has 0 saturated carbocycles. The van der Waals surface area contributed by atoms with Gasteiger partial charge in [0.05, 0.1) is 18.9 Å². The Labute approximate surface area is 184 Å². The number of benzene rings is 1. The van der Waals surface area contributed by atoms with Gasteiger partial charge in [-0.2, -0.15) is 4.98 Å². The van der Waals surface area contributed by atoms with Gasteiger partial charge in [0.1, 0.15) is 10.8 Å². The predicted molar refractivity (Wildman–Crippen MR) is 121 cm³/mol. The monoisotopic (exact) mass is 436 g/mol. The fraction of sp³-hybridized carbons (Fsp3) is 0.304. The number of fused-ring (bicyclic) bond motifs is 1. The van der Waals surface area contributed by atoms with Crippen molar-refractivity contribution in [2.75, 3.05) is 17.7 Å². The van der Waals surface area contributed by atoms with Gasteiger partial charge in [-0.3, -0.25) is 14.3 Å². The molecule has 8 heteroatoms. The van der Waals surface area contributed by atoms with E-state index in [1.807, 2.05) is 43.3 Å². The fourth-order valence-corrected chi connectivity index (χ4v) is 4.55. The quantitative estimate of drug-likeness (QED) is 0.431. The summed E-state index contributed by atoms with van der Waals surface area (Å²) in [6.45, 7) is 3.01. The van der Waals surface area contributed by atoms with Crippen LogP contribution in [0, 0.1) is 0 Å². The first-order valence-corrected chi connectivity index (χ1v) is 11.3. The highest BCUT2D eigenvalue weighted by Gasteiger charge is 2.22. The second-order valence-electron chi connectivity index (χ2n) is 7.21. The maximum atomic E-state index is 12.7. The molecule has 1 aliphatic rings. The molecule has 3 aromatic rings. The minimum absolute atomic E-state index is 0.135. The topological polar surface area (TPSA) is 86.1 Å². The molecule has 7 nitrogen and oxygen atoms in total. The second-order valence-corrected chi connectivity index (χ2v) is 8.18. The summed E-state index contributed by atoms with van der Waals surface area (Å²) < 4.78 is 7.16. The Bertz CT molecular complexity index is 1110. The van der Waals surface area contributed by atoms with Gasteiger partial charge in [0.15, 0.2) is 0 Å². The number of hydrogen-bond donors (Lipinski definition) is 1. The molecule has 4 rings (SSSR count). The van der Waals surface area contributed by atoms with Crippen LogP contribution in [-0.4, -0.2) is 32.8 Å². The maximum Gasteiger partial charge on any atom is 0.349 e. The highest BCUT2D eigenvalue weighted by Crippen LogP contribution is 2.29. The maximum absolute atomic E-state index is 12.7. The molecule has 0 spiro atoms. The Kier molecular flexibility index (Phi) is 6.66. The second kappa shape index (κ2) is 9.78. The average molecular weight is 437 g/mol. The van der Waals surface area contributed by atoms with Gasteiger partial charge >= 0.3 is 5.69 Å². The summed E-state index contributed by atoms with van der Waals surface area (Å²) in [5, 5.41) is 3.55. The molecule has 2 heterocycles. The summed E-state index contributed by atoms with van der Waals surface area (Å²) >= 11 is 1.32. The van der Waals surface area contributed by atoms with Gasteiger partial charge in [0, 0.05) is 29.3 Å². The number of carbonyl (C=O) groups excluding carboxylic acids is 1. The van der Waals surface area contributed by atoms with Crippen molar-refractivity contribution in [2.45, 2.75) is 37.8 Å². The van der Waals surface area contributed by atoms with Gasteiger partial charge < -0.3 is 10.1 Å². The molecule has 0 radical (unpaired) electrons. The van der Waals surface area contributed by atoms with Gasteiger partial charge in [-0.15, -0.1) is 0 Å².